The van der Waals surface area contributed by atoms with Crippen LogP contribution in [0.1, 0.15) is 27.2 Å². The molecule has 0 amide bonds. The summed E-state index contributed by atoms with van der Waals surface area (Å²) in [5, 5.41) is 11.1. The van der Waals surface area contributed by atoms with Gasteiger partial charge in [-0.1, -0.05) is 6.92 Å². The van der Waals surface area contributed by atoms with Crippen LogP contribution in [0.15, 0.2) is 11.6 Å². The molecular weight excluding hydrogens is 416 g/mol. The summed E-state index contributed by atoms with van der Waals surface area (Å²) < 4.78 is 47.4. The summed E-state index contributed by atoms with van der Waals surface area (Å²) in [5.74, 6) is -1.83. The Morgan fingerprint density at radius 1 is 1.23 bits per heavy atom. The molecule has 0 aromatic rings. The van der Waals surface area contributed by atoms with Gasteiger partial charge in [-0.3, -0.25) is 4.79 Å². The highest BCUT2D eigenvalue weighted by molar-refractivity contribution is 7.90. The van der Waals surface area contributed by atoms with Crippen LogP contribution in [0.2, 0.25) is 0 Å². The third-order valence-electron chi connectivity index (χ3n) is 8.16. The van der Waals surface area contributed by atoms with Crippen LogP contribution < -0.4 is 0 Å². The van der Waals surface area contributed by atoms with Crippen LogP contribution in [0.5, 0.6) is 0 Å². The van der Waals surface area contributed by atoms with Gasteiger partial charge in [0, 0.05) is 23.7 Å². The van der Waals surface area contributed by atoms with Gasteiger partial charge < -0.3 is 24.1 Å². The van der Waals surface area contributed by atoms with E-state index >= 15 is 0 Å². The van der Waals surface area contributed by atoms with E-state index in [1.165, 1.54) is 13.0 Å². The number of aliphatic hydroxyl groups is 1. The number of carbonyl (C=O) groups is 2. The zero-order valence-electron chi connectivity index (χ0n) is 17.1. The van der Waals surface area contributed by atoms with Gasteiger partial charge in [-0.2, -0.15) is 0 Å². The summed E-state index contributed by atoms with van der Waals surface area (Å²) in [7, 11) is -3.59. The van der Waals surface area contributed by atoms with Crippen LogP contribution in [0.3, 0.4) is 0 Å². The lowest BCUT2D eigenvalue weighted by atomic mass is 9.47. The van der Waals surface area contributed by atoms with Crippen molar-refractivity contribution >= 4 is 21.8 Å². The van der Waals surface area contributed by atoms with Gasteiger partial charge in [-0.25, -0.2) is 13.2 Å². The van der Waals surface area contributed by atoms with Crippen molar-refractivity contribution in [1.29, 1.82) is 0 Å². The molecule has 6 rings (SSSR count). The highest BCUT2D eigenvalue weighted by Crippen LogP contribution is 2.75. The Bertz CT molecular complexity index is 1050. The summed E-state index contributed by atoms with van der Waals surface area (Å²) in [6, 6.07) is 0. The van der Waals surface area contributed by atoms with Gasteiger partial charge in [0.1, 0.15) is 27.6 Å². The number of epoxide rings is 2. The van der Waals surface area contributed by atoms with E-state index < -0.39 is 61.9 Å². The van der Waals surface area contributed by atoms with Crippen LogP contribution in [0.25, 0.3) is 0 Å². The standard InChI is InChI=1S/C20H24O9S/c1-17-6-8-13(26-8)19(3)9-5-10(21)27-15(18(2,23)7-30(4,24)25)20(9)14(29-20)11(12(17)19)28-16(17)22/h5,8,11-15,23H,6-7H2,1-4H3/t8-,11-,12-,13-,14+,15+,17-,18+,19+,20-/m0/s1. The van der Waals surface area contributed by atoms with Gasteiger partial charge in [0.2, 0.25) is 0 Å². The van der Waals surface area contributed by atoms with Gasteiger partial charge in [0.15, 0.2) is 11.7 Å². The smallest absolute Gasteiger partial charge is 0.331 e. The Balaban J connectivity index is 1.53. The molecule has 10 atom stereocenters. The van der Waals surface area contributed by atoms with Crippen molar-refractivity contribution in [3.63, 3.8) is 0 Å². The van der Waals surface area contributed by atoms with Crippen LogP contribution in [0, 0.1) is 16.7 Å². The maximum atomic E-state index is 12.9. The number of carbonyl (C=O) groups excluding carboxylic acids is 2. The third-order valence-corrected chi connectivity index (χ3v) is 9.27. The Kier molecular flexibility index (Phi) is 3.17. The van der Waals surface area contributed by atoms with E-state index in [4.69, 9.17) is 18.9 Å². The Labute approximate surface area is 173 Å². The summed E-state index contributed by atoms with van der Waals surface area (Å²) in [6.07, 6.45) is 0.180. The first-order valence-corrected chi connectivity index (χ1v) is 12.2. The number of hydrogen-bond acceptors (Lipinski definition) is 9. The van der Waals surface area contributed by atoms with Crippen LogP contribution in [-0.2, 0) is 38.4 Å². The average molecular weight is 440 g/mol. The minimum atomic E-state index is -3.59. The molecule has 5 fully saturated rings. The van der Waals surface area contributed by atoms with E-state index in [9.17, 15) is 23.1 Å². The lowest BCUT2D eigenvalue weighted by molar-refractivity contribution is -0.169. The van der Waals surface area contributed by atoms with Crippen molar-refractivity contribution in [3.05, 3.63) is 11.6 Å². The van der Waals surface area contributed by atoms with Gasteiger partial charge in [-0.15, -0.1) is 0 Å². The quantitative estimate of drug-likeness (QED) is 0.456. The molecule has 4 heterocycles. The summed E-state index contributed by atoms with van der Waals surface area (Å²) in [5.41, 5.74) is -4.02. The molecule has 0 unspecified atom stereocenters. The number of hydrogen-bond donors (Lipinski definition) is 1. The number of rotatable bonds is 3. The second-order valence-corrected chi connectivity index (χ2v) is 12.6. The van der Waals surface area contributed by atoms with Crippen LogP contribution in [-0.4, -0.2) is 79.2 Å². The van der Waals surface area contributed by atoms with Gasteiger partial charge >= 0.3 is 11.9 Å². The van der Waals surface area contributed by atoms with E-state index in [0.717, 1.165) is 6.26 Å². The molecule has 9 nitrogen and oxygen atoms in total. The lowest BCUT2D eigenvalue weighted by Crippen LogP contribution is -2.66. The molecule has 0 aromatic carbocycles. The topological polar surface area (TPSA) is 132 Å². The minimum absolute atomic E-state index is 0.122. The van der Waals surface area contributed by atoms with Gasteiger partial charge in [0.25, 0.3) is 0 Å². The molecule has 3 saturated heterocycles. The van der Waals surface area contributed by atoms with E-state index in [1.807, 2.05) is 13.8 Å². The largest absolute Gasteiger partial charge is 0.459 e. The first kappa shape index (κ1) is 19.2. The summed E-state index contributed by atoms with van der Waals surface area (Å²) in [6.45, 7) is 5.17. The second kappa shape index (κ2) is 4.95. The van der Waals surface area contributed by atoms with E-state index in [-0.39, 0.29) is 24.1 Å². The molecule has 10 heteroatoms. The number of fused-ring (bicyclic) bond motifs is 4. The maximum absolute atomic E-state index is 12.9. The number of esters is 2. The Hall–Kier alpha value is -1.49. The lowest BCUT2D eigenvalue weighted by Gasteiger charge is -2.53. The predicted molar refractivity (Wildman–Crippen MR) is 98.8 cm³/mol. The molecule has 0 aromatic heterocycles. The van der Waals surface area contributed by atoms with Gasteiger partial charge in [0.05, 0.1) is 23.4 Å². The maximum Gasteiger partial charge on any atom is 0.331 e. The van der Waals surface area contributed by atoms with Crippen molar-refractivity contribution in [2.45, 2.75) is 68.9 Å². The Morgan fingerprint density at radius 3 is 2.60 bits per heavy atom. The predicted octanol–water partition coefficient (Wildman–Crippen LogP) is -0.490. The number of ether oxygens (including phenoxy) is 4. The van der Waals surface area contributed by atoms with Crippen molar-refractivity contribution < 1.29 is 42.1 Å². The second-order valence-electron chi connectivity index (χ2n) is 10.5. The molecule has 1 spiro atoms. The molecule has 2 aliphatic carbocycles. The fourth-order valence-electron chi connectivity index (χ4n) is 7.30. The monoisotopic (exact) mass is 440 g/mol. The first-order valence-electron chi connectivity index (χ1n) is 10.1. The molecule has 164 valence electrons. The minimum Gasteiger partial charge on any atom is -0.459 e. The summed E-state index contributed by atoms with van der Waals surface area (Å²) in [4.78, 5) is 25.5. The fraction of sp³-hybridized carbons (Fsp3) is 0.800. The zero-order chi connectivity index (χ0) is 21.6. The first-order chi connectivity index (χ1) is 13.7. The molecule has 0 bridgehead atoms. The molecule has 1 N–H and O–H groups in total. The van der Waals surface area contributed by atoms with Crippen LogP contribution in [0.4, 0.5) is 0 Å². The number of cyclic esters (lactones) is 1. The Morgan fingerprint density at radius 2 is 1.93 bits per heavy atom. The van der Waals surface area contributed by atoms with Crippen molar-refractivity contribution in [3.8, 4) is 0 Å². The molecule has 0 radical (unpaired) electrons. The van der Waals surface area contributed by atoms with Crippen LogP contribution >= 0.6 is 0 Å². The fourth-order valence-corrected chi connectivity index (χ4v) is 8.52. The molecule has 30 heavy (non-hydrogen) atoms. The molecule has 2 saturated carbocycles. The zero-order valence-corrected chi connectivity index (χ0v) is 17.9. The van der Waals surface area contributed by atoms with Crippen molar-refractivity contribution in [1.82, 2.24) is 0 Å². The molecular formula is C20H24O9S. The van der Waals surface area contributed by atoms with E-state index in [2.05, 4.69) is 0 Å². The van der Waals surface area contributed by atoms with E-state index in [0.29, 0.717) is 12.0 Å². The summed E-state index contributed by atoms with van der Waals surface area (Å²) >= 11 is 0. The third kappa shape index (κ3) is 2.02. The molecule has 6 aliphatic rings. The molecule has 4 aliphatic heterocycles. The van der Waals surface area contributed by atoms with Gasteiger partial charge in [-0.05, 0) is 25.8 Å². The SMILES string of the molecule is C[C@]12C3=CC(=O)O[C@H]([C@](C)(O)CS(C)(=O)=O)[C@]34O[C@@H]4[C@H]3OC(=O)[C@@](C)(C[C@@H]4O[C@@H]41)[C@H]32. The van der Waals surface area contributed by atoms with Crippen molar-refractivity contribution in [2.24, 2.45) is 16.7 Å². The van der Waals surface area contributed by atoms with E-state index in [1.54, 1.807) is 0 Å². The van der Waals surface area contributed by atoms with Crippen molar-refractivity contribution in [2.75, 3.05) is 12.0 Å². The normalized spacial score (nSPS) is 54.4. The average Bonchev–Trinajstić information content (AvgIpc) is 3.47. The number of sulfone groups is 1. The highest BCUT2D eigenvalue weighted by atomic mass is 32.2. The highest BCUT2D eigenvalue weighted by Gasteiger charge is 2.88.